The number of carbonyl (C=O) groups excluding carboxylic acids is 1. The SMILES string of the molecule is O=C(c1ccc2[nH]ccc2c1)N1CCC(Cc2cccc(Cl)c2)CC1. The Labute approximate surface area is 152 Å². The van der Waals surface area contributed by atoms with E-state index < -0.39 is 0 Å². The molecule has 4 heteroatoms. The minimum Gasteiger partial charge on any atom is -0.361 e. The third-order valence-electron chi connectivity index (χ3n) is 5.12. The first kappa shape index (κ1) is 16.2. The molecule has 1 aliphatic heterocycles. The number of hydrogen-bond acceptors (Lipinski definition) is 1. The molecule has 1 fully saturated rings. The van der Waals surface area contributed by atoms with Gasteiger partial charge in [0.05, 0.1) is 0 Å². The first-order valence-electron chi connectivity index (χ1n) is 8.80. The maximum atomic E-state index is 12.8. The van der Waals surface area contributed by atoms with Crippen molar-refractivity contribution >= 4 is 28.4 Å². The van der Waals surface area contributed by atoms with E-state index in [0.29, 0.717) is 5.92 Å². The highest BCUT2D eigenvalue weighted by Crippen LogP contribution is 2.24. The average Bonchev–Trinajstić information content (AvgIpc) is 3.09. The number of fused-ring (bicyclic) bond motifs is 1. The van der Waals surface area contributed by atoms with Crippen molar-refractivity contribution in [2.45, 2.75) is 19.3 Å². The normalized spacial score (nSPS) is 15.6. The summed E-state index contributed by atoms with van der Waals surface area (Å²) in [6, 6.07) is 16.0. The van der Waals surface area contributed by atoms with Crippen LogP contribution >= 0.6 is 11.6 Å². The van der Waals surface area contributed by atoms with Crippen LogP contribution in [0.15, 0.2) is 54.7 Å². The number of aromatic amines is 1. The number of piperidine rings is 1. The van der Waals surface area contributed by atoms with E-state index in [1.807, 2.05) is 53.6 Å². The molecule has 3 aromatic rings. The number of carbonyl (C=O) groups is 1. The highest BCUT2D eigenvalue weighted by molar-refractivity contribution is 6.30. The van der Waals surface area contributed by atoms with Crippen LogP contribution in [0.25, 0.3) is 10.9 Å². The van der Waals surface area contributed by atoms with Gasteiger partial charge in [0.1, 0.15) is 0 Å². The first-order chi connectivity index (χ1) is 12.2. The Morgan fingerprint density at radius 3 is 2.76 bits per heavy atom. The molecule has 1 amide bonds. The molecule has 0 aliphatic carbocycles. The van der Waals surface area contributed by atoms with Gasteiger partial charge in [-0.05, 0) is 67.1 Å². The van der Waals surface area contributed by atoms with E-state index in [4.69, 9.17) is 11.6 Å². The predicted octanol–water partition coefficient (Wildman–Crippen LogP) is 4.92. The zero-order valence-corrected chi connectivity index (χ0v) is 14.8. The minimum absolute atomic E-state index is 0.143. The fraction of sp³-hybridized carbons (Fsp3) is 0.286. The Bertz CT molecular complexity index is 894. The summed E-state index contributed by atoms with van der Waals surface area (Å²) in [5, 5.41) is 1.88. The van der Waals surface area contributed by atoms with Gasteiger partial charge < -0.3 is 9.88 Å². The first-order valence-corrected chi connectivity index (χ1v) is 9.18. The third-order valence-corrected chi connectivity index (χ3v) is 5.35. The molecule has 0 radical (unpaired) electrons. The molecule has 128 valence electrons. The van der Waals surface area contributed by atoms with Gasteiger partial charge in [0, 0.05) is 40.8 Å². The van der Waals surface area contributed by atoms with Crippen LogP contribution in [-0.4, -0.2) is 28.9 Å². The van der Waals surface area contributed by atoms with Crippen LogP contribution in [0, 0.1) is 5.92 Å². The van der Waals surface area contributed by atoms with Crippen LogP contribution in [0.2, 0.25) is 5.02 Å². The molecular weight excluding hydrogens is 332 g/mol. The molecule has 2 aromatic carbocycles. The number of benzene rings is 2. The van der Waals surface area contributed by atoms with Crippen LogP contribution in [0.3, 0.4) is 0 Å². The van der Waals surface area contributed by atoms with Crippen molar-refractivity contribution in [3.63, 3.8) is 0 Å². The van der Waals surface area contributed by atoms with Gasteiger partial charge in [-0.1, -0.05) is 23.7 Å². The number of halogens is 1. The zero-order valence-electron chi connectivity index (χ0n) is 14.0. The second-order valence-electron chi connectivity index (χ2n) is 6.85. The monoisotopic (exact) mass is 352 g/mol. The Kier molecular flexibility index (Phi) is 4.50. The lowest BCUT2D eigenvalue weighted by atomic mass is 9.90. The Hall–Kier alpha value is -2.26. The van der Waals surface area contributed by atoms with Crippen molar-refractivity contribution in [3.05, 3.63) is 70.9 Å². The van der Waals surface area contributed by atoms with Gasteiger partial charge in [-0.15, -0.1) is 0 Å². The lowest BCUT2D eigenvalue weighted by molar-refractivity contribution is 0.0691. The fourth-order valence-corrected chi connectivity index (χ4v) is 3.92. The molecule has 25 heavy (non-hydrogen) atoms. The fourth-order valence-electron chi connectivity index (χ4n) is 3.71. The standard InChI is InChI=1S/C21H21ClN2O/c22-19-3-1-2-16(13-19)12-15-7-10-24(11-8-15)21(25)18-4-5-20-17(14-18)6-9-23-20/h1-6,9,13-15,23H,7-8,10-12H2. The number of amides is 1. The highest BCUT2D eigenvalue weighted by Gasteiger charge is 2.24. The van der Waals surface area contributed by atoms with Crippen molar-refractivity contribution in [1.82, 2.24) is 9.88 Å². The van der Waals surface area contributed by atoms with E-state index in [9.17, 15) is 4.79 Å². The average molecular weight is 353 g/mol. The topological polar surface area (TPSA) is 36.1 Å². The predicted molar refractivity (Wildman–Crippen MR) is 102 cm³/mol. The Morgan fingerprint density at radius 1 is 1.12 bits per heavy atom. The number of H-pyrrole nitrogens is 1. The molecule has 0 bridgehead atoms. The van der Waals surface area contributed by atoms with E-state index in [2.05, 4.69) is 11.1 Å². The summed E-state index contributed by atoms with van der Waals surface area (Å²) in [5.41, 5.74) is 3.13. The van der Waals surface area contributed by atoms with Crippen molar-refractivity contribution in [2.24, 2.45) is 5.92 Å². The molecular formula is C21H21ClN2O. The van der Waals surface area contributed by atoms with Gasteiger partial charge in [-0.3, -0.25) is 4.79 Å². The molecule has 1 aromatic heterocycles. The smallest absolute Gasteiger partial charge is 0.253 e. The molecule has 1 saturated heterocycles. The van der Waals surface area contributed by atoms with Crippen LogP contribution in [-0.2, 0) is 6.42 Å². The highest BCUT2D eigenvalue weighted by atomic mass is 35.5. The van der Waals surface area contributed by atoms with Gasteiger partial charge in [-0.25, -0.2) is 0 Å². The number of nitrogens with zero attached hydrogens (tertiary/aromatic N) is 1. The van der Waals surface area contributed by atoms with Gasteiger partial charge in [-0.2, -0.15) is 0 Å². The van der Waals surface area contributed by atoms with E-state index in [0.717, 1.165) is 53.8 Å². The minimum atomic E-state index is 0.143. The Balaban J connectivity index is 1.38. The van der Waals surface area contributed by atoms with Crippen LogP contribution < -0.4 is 0 Å². The lowest BCUT2D eigenvalue weighted by Crippen LogP contribution is -2.38. The van der Waals surface area contributed by atoms with Crippen molar-refractivity contribution in [3.8, 4) is 0 Å². The van der Waals surface area contributed by atoms with E-state index >= 15 is 0 Å². The molecule has 1 aliphatic rings. The number of rotatable bonds is 3. The number of nitrogens with one attached hydrogen (secondary N) is 1. The summed E-state index contributed by atoms with van der Waals surface area (Å²) in [7, 11) is 0. The van der Waals surface area contributed by atoms with Gasteiger partial charge in [0.15, 0.2) is 0 Å². The van der Waals surface area contributed by atoms with E-state index in [1.165, 1.54) is 5.56 Å². The lowest BCUT2D eigenvalue weighted by Gasteiger charge is -2.32. The van der Waals surface area contributed by atoms with Crippen molar-refractivity contribution < 1.29 is 4.79 Å². The van der Waals surface area contributed by atoms with E-state index in [1.54, 1.807) is 0 Å². The molecule has 3 nitrogen and oxygen atoms in total. The molecule has 0 atom stereocenters. The molecule has 2 heterocycles. The maximum absolute atomic E-state index is 12.8. The van der Waals surface area contributed by atoms with Gasteiger partial charge >= 0.3 is 0 Å². The van der Waals surface area contributed by atoms with E-state index in [-0.39, 0.29) is 5.91 Å². The summed E-state index contributed by atoms with van der Waals surface area (Å²) in [4.78, 5) is 17.9. The van der Waals surface area contributed by atoms with Crippen molar-refractivity contribution in [1.29, 1.82) is 0 Å². The zero-order chi connectivity index (χ0) is 17.2. The van der Waals surface area contributed by atoms with Crippen LogP contribution in [0.5, 0.6) is 0 Å². The summed E-state index contributed by atoms with van der Waals surface area (Å²) in [6.07, 6.45) is 5.04. The van der Waals surface area contributed by atoms with Crippen LogP contribution in [0.1, 0.15) is 28.8 Å². The molecule has 1 N–H and O–H groups in total. The second kappa shape index (κ2) is 6.93. The third kappa shape index (κ3) is 3.57. The van der Waals surface area contributed by atoms with Gasteiger partial charge in [0.25, 0.3) is 5.91 Å². The summed E-state index contributed by atoms with van der Waals surface area (Å²) in [5.74, 6) is 0.763. The molecule has 4 rings (SSSR count). The number of likely N-dealkylation sites (tertiary alicyclic amines) is 1. The number of aromatic nitrogens is 1. The van der Waals surface area contributed by atoms with Crippen LogP contribution in [0.4, 0.5) is 0 Å². The summed E-state index contributed by atoms with van der Waals surface area (Å²) in [6.45, 7) is 1.66. The van der Waals surface area contributed by atoms with Gasteiger partial charge in [0.2, 0.25) is 0 Å². The Morgan fingerprint density at radius 2 is 1.96 bits per heavy atom. The summed E-state index contributed by atoms with van der Waals surface area (Å²) >= 11 is 6.07. The molecule has 0 unspecified atom stereocenters. The summed E-state index contributed by atoms with van der Waals surface area (Å²) < 4.78 is 0. The second-order valence-corrected chi connectivity index (χ2v) is 7.29. The maximum Gasteiger partial charge on any atom is 0.253 e. The number of hydrogen-bond donors (Lipinski definition) is 1. The molecule has 0 saturated carbocycles. The quantitative estimate of drug-likeness (QED) is 0.713. The largest absolute Gasteiger partial charge is 0.361 e. The van der Waals surface area contributed by atoms with Crippen molar-refractivity contribution in [2.75, 3.05) is 13.1 Å². The molecule has 0 spiro atoms.